The molecule has 1 unspecified atom stereocenters. The lowest BCUT2D eigenvalue weighted by Gasteiger charge is -2.16. The fourth-order valence-electron chi connectivity index (χ4n) is 0.841. The minimum Gasteiger partial charge on any atom is -0.171 e. The first-order chi connectivity index (χ1) is 5.34. The second-order valence-electron chi connectivity index (χ2n) is 3.07. The van der Waals surface area contributed by atoms with Crippen LogP contribution in [0.25, 0.3) is 0 Å². The van der Waals surface area contributed by atoms with Gasteiger partial charge in [0.25, 0.3) is 0 Å². The molecule has 0 saturated carbocycles. The highest BCUT2D eigenvalue weighted by atomic mass is 19.4. The van der Waals surface area contributed by atoms with E-state index in [0.29, 0.717) is 0 Å². The molecule has 0 saturated heterocycles. The molecule has 0 aromatic rings. The van der Waals surface area contributed by atoms with Gasteiger partial charge in [-0.3, -0.25) is 0 Å². The highest BCUT2D eigenvalue weighted by molar-refractivity contribution is 4.63. The lowest BCUT2D eigenvalue weighted by Crippen LogP contribution is -2.21. The summed E-state index contributed by atoms with van der Waals surface area (Å²) < 4.78 is 35.4. The lowest BCUT2D eigenvalue weighted by atomic mass is 9.99. The highest BCUT2D eigenvalue weighted by Gasteiger charge is 2.35. The lowest BCUT2D eigenvalue weighted by molar-refractivity contribution is -0.173. The van der Waals surface area contributed by atoms with Crippen molar-refractivity contribution in [3.8, 4) is 0 Å². The Kier molecular flexibility index (Phi) is 7.54. The molecule has 0 aromatic carbocycles. The maximum atomic E-state index is 11.8. The summed E-state index contributed by atoms with van der Waals surface area (Å²) in [7, 11) is 0. The van der Waals surface area contributed by atoms with Gasteiger partial charge in [0, 0.05) is 0 Å². The summed E-state index contributed by atoms with van der Waals surface area (Å²) in [4.78, 5) is 0. The quantitative estimate of drug-likeness (QED) is 0.601. The molecule has 12 heavy (non-hydrogen) atoms. The van der Waals surface area contributed by atoms with Crippen molar-refractivity contribution in [3.05, 3.63) is 0 Å². The normalized spacial score (nSPS) is 13.8. The van der Waals surface area contributed by atoms with Crippen LogP contribution >= 0.6 is 0 Å². The van der Waals surface area contributed by atoms with E-state index in [-0.39, 0.29) is 12.3 Å². The van der Waals surface area contributed by atoms with Gasteiger partial charge in [-0.2, -0.15) is 13.2 Å². The molecule has 76 valence electrons. The Balaban J connectivity index is 0. The Labute approximate surface area is 73.2 Å². The van der Waals surface area contributed by atoms with E-state index in [2.05, 4.69) is 0 Å². The number of hydrogen-bond donors (Lipinski definition) is 0. The third-order valence-electron chi connectivity index (χ3n) is 1.38. The van der Waals surface area contributed by atoms with Crippen LogP contribution in [-0.4, -0.2) is 6.18 Å². The van der Waals surface area contributed by atoms with E-state index in [1.54, 1.807) is 13.8 Å². The SMILES string of the molecule is CC.CC(C)CC(C)C(F)(F)F. The third kappa shape index (κ3) is 7.89. The van der Waals surface area contributed by atoms with Gasteiger partial charge in [-0.1, -0.05) is 34.6 Å². The maximum Gasteiger partial charge on any atom is 0.391 e. The molecule has 0 heterocycles. The molecule has 3 heteroatoms. The Morgan fingerprint density at radius 1 is 1.00 bits per heavy atom. The Hall–Kier alpha value is -0.210. The van der Waals surface area contributed by atoms with Crippen LogP contribution in [0.1, 0.15) is 41.0 Å². The summed E-state index contributed by atoms with van der Waals surface area (Å²) in [5, 5.41) is 0. The van der Waals surface area contributed by atoms with Crippen LogP contribution in [0.15, 0.2) is 0 Å². The van der Waals surface area contributed by atoms with Gasteiger partial charge in [-0.05, 0) is 12.3 Å². The summed E-state index contributed by atoms with van der Waals surface area (Å²) in [5.74, 6) is -1.04. The summed E-state index contributed by atoms with van der Waals surface area (Å²) in [5.41, 5.74) is 0. The number of hydrogen-bond acceptors (Lipinski definition) is 0. The summed E-state index contributed by atoms with van der Waals surface area (Å²) in [6, 6.07) is 0. The van der Waals surface area contributed by atoms with Crippen molar-refractivity contribution in [1.82, 2.24) is 0 Å². The molecule has 0 radical (unpaired) electrons. The first-order valence-electron chi connectivity index (χ1n) is 4.40. The van der Waals surface area contributed by atoms with Crippen LogP contribution in [0, 0.1) is 11.8 Å². The second kappa shape index (κ2) is 6.32. The molecule has 0 amide bonds. The summed E-state index contributed by atoms with van der Waals surface area (Å²) >= 11 is 0. The molecule has 0 aliphatic carbocycles. The molecule has 0 spiro atoms. The van der Waals surface area contributed by atoms with E-state index < -0.39 is 12.1 Å². The molecule has 1 atom stereocenters. The van der Waals surface area contributed by atoms with Gasteiger partial charge in [-0.25, -0.2) is 0 Å². The minimum absolute atomic E-state index is 0.122. The predicted octanol–water partition coefficient (Wildman–Crippen LogP) is 4.26. The van der Waals surface area contributed by atoms with Crippen molar-refractivity contribution in [2.24, 2.45) is 11.8 Å². The van der Waals surface area contributed by atoms with E-state index in [1.807, 2.05) is 13.8 Å². The van der Waals surface area contributed by atoms with Crippen LogP contribution in [0.3, 0.4) is 0 Å². The molecule has 0 nitrogen and oxygen atoms in total. The van der Waals surface area contributed by atoms with E-state index in [1.165, 1.54) is 6.92 Å². The summed E-state index contributed by atoms with van der Waals surface area (Å²) in [6.07, 6.45) is -3.78. The van der Waals surface area contributed by atoms with Gasteiger partial charge in [-0.15, -0.1) is 0 Å². The van der Waals surface area contributed by atoms with E-state index in [4.69, 9.17) is 0 Å². The van der Waals surface area contributed by atoms with Gasteiger partial charge >= 0.3 is 6.18 Å². The average molecular weight is 184 g/mol. The van der Waals surface area contributed by atoms with Crippen molar-refractivity contribution < 1.29 is 13.2 Å². The number of alkyl halides is 3. The van der Waals surface area contributed by atoms with Crippen molar-refractivity contribution in [3.63, 3.8) is 0 Å². The van der Waals surface area contributed by atoms with Crippen LogP contribution in [0.5, 0.6) is 0 Å². The van der Waals surface area contributed by atoms with E-state index >= 15 is 0 Å². The van der Waals surface area contributed by atoms with E-state index in [0.717, 1.165) is 0 Å². The maximum absolute atomic E-state index is 11.8. The van der Waals surface area contributed by atoms with Gasteiger partial charge < -0.3 is 0 Å². The Morgan fingerprint density at radius 3 is 1.42 bits per heavy atom. The van der Waals surface area contributed by atoms with Gasteiger partial charge in [0.2, 0.25) is 0 Å². The monoisotopic (exact) mass is 184 g/mol. The Morgan fingerprint density at radius 2 is 1.33 bits per heavy atom. The van der Waals surface area contributed by atoms with Crippen LogP contribution in [0.2, 0.25) is 0 Å². The molecule has 0 N–H and O–H groups in total. The first-order valence-corrected chi connectivity index (χ1v) is 4.40. The fraction of sp³-hybridized carbons (Fsp3) is 1.00. The minimum atomic E-state index is -4.01. The first kappa shape index (κ1) is 14.3. The van der Waals surface area contributed by atoms with Crippen molar-refractivity contribution in [1.29, 1.82) is 0 Å². The van der Waals surface area contributed by atoms with Crippen molar-refractivity contribution >= 4 is 0 Å². The van der Waals surface area contributed by atoms with Crippen molar-refractivity contribution in [2.75, 3.05) is 0 Å². The molecule has 0 aliphatic rings. The third-order valence-corrected chi connectivity index (χ3v) is 1.38. The van der Waals surface area contributed by atoms with Crippen molar-refractivity contribution in [2.45, 2.75) is 47.2 Å². The molecule has 0 rings (SSSR count). The van der Waals surface area contributed by atoms with Crippen LogP contribution in [-0.2, 0) is 0 Å². The second-order valence-corrected chi connectivity index (χ2v) is 3.07. The molecule has 0 fully saturated rings. The molecular formula is C9H19F3. The van der Waals surface area contributed by atoms with Crippen LogP contribution in [0.4, 0.5) is 13.2 Å². The van der Waals surface area contributed by atoms with Crippen LogP contribution < -0.4 is 0 Å². The number of rotatable bonds is 2. The molecule has 0 aromatic heterocycles. The smallest absolute Gasteiger partial charge is 0.171 e. The average Bonchev–Trinajstić information content (AvgIpc) is 1.88. The van der Waals surface area contributed by atoms with Gasteiger partial charge in [0.15, 0.2) is 0 Å². The Bertz CT molecular complexity index is 94.4. The summed E-state index contributed by atoms with van der Waals surface area (Å²) in [6.45, 7) is 8.81. The largest absolute Gasteiger partial charge is 0.391 e. The molecule has 0 bridgehead atoms. The molecule has 0 aliphatic heterocycles. The zero-order chi connectivity index (χ0) is 10.4. The predicted molar refractivity (Wildman–Crippen MR) is 46.0 cm³/mol. The molecular weight excluding hydrogens is 165 g/mol. The topological polar surface area (TPSA) is 0 Å². The highest BCUT2D eigenvalue weighted by Crippen LogP contribution is 2.30. The standard InChI is InChI=1S/C7H13F3.C2H6/c1-5(2)4-6(3)7(8,9)10;1-2/h5-6H,4H2,1-3H3;1-2H3. The zero-order valence-electron chi connectivity index (χ0n) is 8.50. The zero-order valence-corrected chi connectivity index (χ0v) is 8.50. The van der Waals surface area contributed by atoms with E-state index in [9.17, 15) is 13.2 Å². The fourth-order valence-corrected chi connectivity index (χ4v) is 0.841. The van der Waals surface area contributed by atoms with Gasteiger partial charge in [0.05, 0.1) is 5.92 Å². The van der Waals surface area contributed by atoms with Gasteiger partial charge in [0.1, 0.15) is 0 Å². The number of halogens is 3.